The van der Waals surface area contributed by atoms with Crippen LogP contribution >= 0.6 is 11.6 Å². The normalized spacial score (nSPS) is 19.2. The summed E-state index contributed by atoms with van der Waals surface area (Å²) in [5, 5.41) is 0.541. The molecule has 0 bridgehead atoms. The van der Waals surface area contributed by atoms with Gasteiger partial charge in [-0.3, -0.25) is 10.6 Å². The first-order valence-corrected chi connectivity index (χ1v) is 7.26. The molecule has 1 atom stereocenters. The van der Waals surface area contributed by atoms with E-state index in [0.29, 0.717) is 22.2 Å². The van der Waals surface area contributed by atoms with Crippen LogP contribution < -0.4 is 11.3 Å². The molecule has 1 heterocycles. The maximum atomic E-state index is 12.6. The molecule has 1 amide bonds. The quantitative estimate of drug-likeness (QED) is 0.651. The van der Waals surface area contributed by atoms with Gasteiger partial charge in [-0.25, -0.2) is 0 Å². The number of amides is 1. The van der Waals surface area contributed by atoms with Crippen molar-refractivity contribution in [2.45, 2.75) is 27.2 Å². The molecule has 1 aliphatic heterocycles. The SMILES string of the molecule is CC(C)(C)C1CCN(C(=O)c2cc(Cl)ccc2NN)C1. The molecule has 0 radical (unpaired) electrons. The lowest BCUT2D eigenvalue weighted by Gasteiger charge is -2.27. The third kappa shape index (κ3) is 3.07. The van der Waals surface area contributed by atoms with Crippen molar-refractivity contribution in [3.63, 3.8) is 0 Å². The zero-order chi connectivity index (χ0) is 14.9. The van der Waals surface area contributed by atoms with Crippen molar-refractivity contribution in [1.29, 1.82) is 0 Å². The van der Waals surface area contributed by atoms with Gasteiger partial charge in [-0.2, -0.15) is 0 Å². The fourth-order valence-electron chi connectivity index (χ4n) is 2.64. The van der Waals surface area contributed by atoms with Gasteiger partial charge in [0.15, 0.2) is 0 Å². The van der Waals surface area contributed by atoms with Crippen molar-refractivity contribution < 1.29 is 4.79 Å². The van der Waals surface area contributed by atoms with Gasteiger partial charge in [0.05, 0.1) is 11.3 Å². The fraction of sp³-hybridized carbons (Fsp3) is 0.533. The zero-order valence-electron chi connectivity index (χ0n) is 12.2. The second-order valence-electron chi connectivity index (χ2n) is 6.44. The summed E-state index contributed by atoms with van der Waals surface area (Å²) in [5.74, 6) is 5.99. The number of hydrazine groups is 1. The number of nitrogen functional groups attached to an aromatic ring is 1. The van der Waals surface area contributed by atoms with Gasteiger partial charge in [0.25, 0.3) is 5.91 Å². The van der Waals surface area contributed by atoms with Crippen LogP contribution in [-0.4, -0.2) is 23.9 Å². The van der Waals surface area contributed by atoms with Gasteiger partial charge >= 0.3 is 0 Å². The molecular weight excluding hydrogens is 274 g/mol. The van der Waals surface area contributed by atoms with E-state index in [1.165, 1.54) is 0 Å². The van der Waals surface area contributed by atoms with Gasteiger partial charge in [-0.1, -0.05) is 32.4 Å². The monoisotopic (exact) mass is 295 g/mol. The van der Waals surface area contributed by atoms with E-state index in [9.17, 15) is 4.79 Å². The third-order valence-corrected chi connectivity index (χ3v) is 4.30. The number of hydrogen-bond donors (Lipinski definition) is 2. The van der Waals surface area contributed by atoms with Crippen molar-refractivity contribution in [2.24, 2.45) is 17.2 Å². The first-order chi connectivity index (χ1) is 9.32. The van der Waals surface area contributed by atoms with Crippen molar-refractivity contribution in [3.05, 3.63) is 28.8 Å². The molecule has 2 rings (SSSR count). The predicted molar refractivity (Wildman–Crippen MR) is 82.7 cm³/mol. The average Bonchev–Trinajstić information content (AvgIpc) is 2.87. The molecule has 1 aliphatic rings. The van der Waals surface area contributed by atoms with E-state index < -0.39 is 0 Å². The highest BCUT2D eigenvalue weighted by Crippen LogP contribution is 2.34. The van der Waals surface area contributed by atoms with Crippen LogP contribution in [-0.2, 0) is 0 Å². The van der Waals surface area contributed by atoms with Crippen molar-refractivity contribution in [1.82, 2.24) is 4.90 Å². The minimum atomic E-state index is -0.00722. The van der Waals surface area contributed by atoms with E-state index in [-0.39, 0.29) is 11.3 Å². The van der Waals surface area contributed by atoms with Crippen molar-refractivity contribution in [2.75, 3.05) is 18.5 Å². The van der Waals surface area contributed by atoms with Crippen LogP contribution in [0.5, 0.6) is 0 Å². The summed E-state index contributed by atoms with van der Waals surface area (Å²) >= 11 is 5.99. The lowest BCUT2D eigenvalue weighted by molar-refractivity contribution is 0.0777. The van der Waals surface area contributed by atoms with Gasteiger partial charge in [-0.15, -0.1) is 0 Å². The molecule has 0 spiro atoms. The third-order valence-electron chi connectivity index (χ3n) is 4.07. The maximum absolute atomic E-state index is 12.6. The van der Waals surface area contributed by atoms with Gasteiger partial charge in [0.2, 0.25) is 0 Å². The molecule has 5 heteroatoms. The first-order valence-electron chi connectivity index (χ1n) is 6.88. The molecule has 1 unspecified atom stereocenters. The molecule has 1 aromatic rings. The Balaban J connectivity index is 2.19. The van der Waals surface area contributed by atoms with Crippen LogP contribution in [0.4, 0.5) is 5.69 Å². The van der Waals surface area contributed by atoms with Crippen molar-refractivity contribution in [3.8, 4) is 0 Å². The Morgan fingerprint density at radius 2 is 2.15 bits per heavy atom. The topological polar surface area (TPSA) is 58.4 Å². The standard InChI is InChI=1S/C15H22ClN3O/c1-15(2,3)10-6-7-19(9-10)14(20)12-8-11(16)4-5-13(12)18-17/h4-5,8,10,18H,6-7,9,17H2,1-3H3. The van der Waals surface area contributed by atoms with E-state index in [2.05, 4.69) is 26.2 Å². The van der Waals surface area contributed by atoms with Crippen LogP contribution in [0.1, 0.15) is 37.6 Å². The van der Waals surface area contributed by atoms with E-state index in [4.69, 9.17) is 17.4 Å². The number of carbonyl (C=O) groups is 1. The molecule has 1 aromatic carbocycles. The zero-order valence-corrected chi connectivity index (χ0v) is 13.0. The number of carbonyl (C=O) groups excluding carboxylic acids is 1. The van der Waals surface area contributed by atoms with Crippen LogP contribution in [0.15, 0.2) is 18.2 Å². The summed E-state index contributed by atoms with van der Waals surface area (Å²) < 4.78 is 0. The number of hydrogen-bond acceptors (Lipinski definition) is 3. The number of nitrogens with two attached hydrogens (primary N) is 1. The number of rotatable bonds is 2. The molecule has 1 saturated heterocycles. The summed E-state index contributed by atoms with van der Waals surface area (Å²) in [5.41, 5.74) is 3.93. The van der Waals surface area contributed by atoms with E-state index in [0.717, 1.165) is 19.5 Å². The smallest absolute Gasteiger partial charge is 0.256 e. The Bertz CT molecular complexity index is 510. The Kier molecular flexibility index (Phi) is 4.25. The summed E-state index contributed by atoms with van der Waals surface area (Å²) in [4.78, 5) is 14.5. The predicted octanol–water partition coefficient (Wildman–Crippen LogP) is 3.13. The number of halogens is 1. The molecule has 1 fully saturated rings. The lowest BCUT2D eigenvalue weighted by Crippen LogP contribution is -2.32. The van der Waals surface area contributed by atoms with Crippen LogP contribution in [0.3, 0.4) is 0 Å². The number of nitrogens with zero attached hydrogens (tertiary/aromatic N) is 1. The molecule has 0 aliphatic carbocycles. The Morgan fingerprint density at radius 3 is 2.70 bits per heavy atom. The molecule has 4 nitrogen and oxygen atoms in total. The minimum absolute atomic E-state index is 0.00722. The highest BCUT2D eigenvalue weighted by molar-refractivity contribution is 6.31. The second-order valence-corrected chi connectivity index (χ2v) is 6.87. The molecule has 3 N–H and O–H groups in total. The number of likely N-dealkylation sites (tertiary alicyclic amines) is 1. The number of benzene rings is 1. The molecule has 110 valence electrons. The summed E-state index contributed by atoms with van der Waals surface area (Å²) in [7, 11) is 0. The molecular formula is C15H22ClN3O. The van der Waals surface area contributed by atoms with Crippen LogP contribution in [0.2, 0.25) is 5.02 Å². The average molecular weight is 296 g/mol. The number of nitrogens with one attached hydrogen (secondary N) is 1. The van der Waals surface area contributed by atoms with Gasteiger partial charge in [-0.05, 0) is 36.0 Å². The Morgan fingerprint density at radius 1 is 1.45 bits per heavy atom. The second kappa shape index (κ2) is 5.62. The summed E-state index contributed by atoms with van der Waals surface area (Å²) in [6.45, 7) is 8.24. The fourth-order valence-corrected chi connectivity index (χ4v) is 2.81. The lowest BCUT2D eigenvalue weighted by atomic mass is 9.80. The van der Waals surface area contributed by atoms with E-state index in [1.807, 2.05) is 4.90 Å². The maximum Gasteiger partial charge on any atom is 0.256 e. The number of anilines is 1. The summed E-state index contributed by atoms with van der Waals surface area (Å²) in [6.07, 6.45) is 1.04. The van der Waals surface area contributed by atoms with E-state index in [1.54, 1.807) is 18.2 Å². The highest BCUT2D eigenvalue weighted by atomic mass is 35.5. The largest absolute Gasteiger partial charge is 0.338 e. The Labute approximate surface area is 125 Å². The van der Waals surface area contributed by atoms with Gasteiger partial charge < -0.3 is 10.3 Å². The van der Waals surface area contributed by atoms with E-state index >= 15 is 0 Å². The highest BCUT2D eigenvalue weighted by Gasteiger charge is 2.34. The molecule has 0 saturated carbocycles. The van der Waals surface area contributed by atoms with Gasteiger partial charge in [0.1, 0.15) is 0 Å². The van der Waals surface area contributed by atoms with Crippen LogP contribution in [0, 0.1) is 11.3 Å². The minimum Gasteiger partial charge on any atom is -0.338 e. The first kappa shape index (κ1) is 15.1. The summed E-state index contributed by atoms with van der Waals surface area (Å²) in [6, 6.07) is 5.12. The molecule has 0 aromatic heterocycles. The Hall–Kier alpha value is -1.26. The van der Waals surface area contributed by atoms with Crippen LogP contribution in [0.25, 0.3) is 0 Å². The van der Waals surface area contributed by atoms with Crippen molar-refractivity contribution >= 4 is 23.2 Å². The molecule has 20 heavy (non-hydrogen) atoms. The van der Waals surface area contributed by atoms with Gasteiger partial charge in [0, 0.05) is 18.1 Å².